The summed E-state index contributed by atoms with van der Waals surface area (Å²) in [5.74, 6) is 6.83. The topological polar surface area (TPSA) is 85.4 Å². The lowest BCUT2D eigenvalue weighted by Gasteiger charge is -2.65. The minimum Gasteiger partial charge on any atom is -0.483 e. The van der Waals surface area contributed by atoms with Crippen LogP contribution in [0.5, 0.6) is 11.5 Å². The second-order valence-corrected chi connectivity index (χ2v) is 14.0. The quantitative estimate of drug-likeness (QED) is 0.256. The molecule has 2 aliphatic heterocycles. The lowest BCUT2D eigenvalue weighted by Crippen LogP contribution is -2.79. The van der Waals surface area contributed by atoms with Crippen LogP contribution in [0.3, 0.4) is 0 Å². The van der Waals surface area contributed by atoms with Crippen molar-refractivity contribution in [3.8, 4) is 23.3 Å². The van der Waals surface area contributed by atoms with Crippen LogP contribution in [-0.2, 0) is 31.0 Å². The summed E-state index contributed by atoms with van der Waals surface area (Å²) in [7, 11) is 0. The molecular formula is C37H42N2O6. The van der Waals surface area contributed by atoms with Gasteiger partial charge in [0.15, 0.2) is 11.5 Å². The number of nitrogens with zero attached hydrogens (tertiary/aromatic N) is 2. The van der Waals surface area contributed by atoms with Crippen molar-refractivity contribution in [2.75, 3.05) is 19.6 Å². The number of hydrogen-bond acceptors (Lipinski definition) is 7. The van der Waals surface area contributed by atoms with E-state index in [0.29, 0.717) is 43.2 Å². The van der Waals surface area contributed by atoms with Gasteiger partial charge in [0.1, 0.15) is 11.7 Å². The van der Waals surface area contributed by atoms with Gasteiger partial charge in [-0.1, -0.05) is 44.0 Å². The number of amides is 1. The van der Waals surface area contributed by atoms with Gasteiger partial charge in [0.25, 0.3) is 5.91 Å². The van der Waals surface area contributed by atoms with Crippen LogP contribution < -0.4 is 9.47 Å². The smallest absolute Gasteiger partial charge is 0.308 e. The van der Waals surface area contributed by atoms with E-state index < -0.39 is 23.1 Å². The van der Waals surface area contributed by atoms with Gasteiger partial charge in [0, 0.05) is 44.0 Å². The third-order valence-corrected chi connectivity index (χ3v) is 10.6. The highest BCUT2D eigenvalue weighted by atomic mass is 16.6. The molecule has 5 atom stereocenters. The van der Waals surface area contributed by atoms with Gasteiger partial charge in [-0.05, 0) is 80.7 Å². The van der Waals surface area contributed by atoms with Crippen LogP contribution in [0.1, 0.15) is 76.5 Å². The van der Waals surface area contributed by atoms with Crippen LogP contribution >= 0.6 is 0 Å². The molecule has 7 rings (SSSR count). The number of benzene rings is 2. The minimum absolute atomic E-state index is 0.00653. The summed E-state index contributed by atoms with van der Waals surface area (Å²) in [4.78, 5) is 43.7. The zero-order valence-corrected chi connectivity index (χ0v) is 26.6. The second kappa shape index (κ2) is 11.2. The van der Waals surface area contributed by atoms with E-state index in [-0.39, 0.29) is 29.9 Å². The van der Waals surface area contributed by atoms with Crippen LogP contribution in [0.15, 0.2) is 42.5 Å². The van der Waals surface area contributed by atoms with Crippen molar-refractivity contribution >= 4 is 17.8 Å². The number of ether oxygens (including phenoxy) is 3. The Balaban J connectivity index is 1.37. The molecule has 5 aliphatic rings. The zero-order valence-electron chi connectivity index (χ0n) is 26.6. The molecule has 2 bridgehead atoms. The van der Waals surface area contributed by atoms with E-state index in [9.17, 15) is 14.4 Å². The number of esters is 2. The van der Waals surface area contributed by atoms with Crippen molar-refractivity contribution in [3.63, 3.8) is 0 Å². The third kappa shape index (κ3) is 4.91. The molecule has 2 aromatic carbocycles. The highest BCUT2D eigenvalue weighted by Crippen LogP contribution is 2.67. The summed E-state index contributed by atoms with van der Waals surface area (Å²) in [5, 5.41) is 0. The van der Waals surface area contributed by atoms with Crippen LogP contribution in [0, 0.1) is 23.7 Å². The lowest BCUT2D eigenvalue weighted by atomic mass is 9.48. The lowest BCUT2D eigenvalue weighted by molar-refractivity contribution is -0.224. The summed E-state index contributed by atoms with van der Waals surface area (Å²) in [6.07, 6.45) is 4.63. The van der Waals surface area contributed by atoms with Gasteiger partial charge in [-0.2, -0.15) is 0 Å². The van der Waals surface area contributed by atoms with Crippen molar-refractivity contribution in [3.05, 3.63) is 59.2 Å². The maximum Gasteiger partial charge on any atom is 0.308 e. The molecule has 0 N–H and O–H groups in total. The Morgan fingerprint density at radius 2 is 1.82 bits per heavy atom. The highest BCUT2D eigenvalue weighted by Gasteiger charge is 2.76. The van der Waals surface area contributed by atoms with Gasteiger partial charge in [-0.15, -0.1) is 0 Å². The number of carbonyl (C=O) groups is 3. The molecule has 1 spiro atoms. The van der Waals surface area contributed by atoms with Gasteiger partial charge in [0.05, 0.1) is 17.5 Å². The first-order valence-corrected chi connectivity index (χ1v) is 16.5. The van der Waals surface area contributed by atoms with E-state index in [2.05, 4.69) is 36.7 Å². The molecule has 1 amide bonds. The van der Waals surface area contributed by atoms with Crippen molar-refractivity contribution in [2.24, 2.45) is 11.8 Å². The fraction of sp³-hybridized carbons (Fsp3) is 0.541. The van der Waals surface area contributed by atoms with Gasteiger partial charge in [0.2, 0.25) is 0 Å². The molecular weight excluding hydrogens is 568 g/mol. The molecule has 3 aliphatic carbocycles. The molecule has 2 heterocycles. The minimum atomic E-state index is -0.831. The first kappa shape index (κ1) is 29.9. The molecule has 8 heteroatoms. The van der Waals surface area contributed by atoms with Gasteiger partial charge < -0.3 is 19.1 Å². The molecule has 3 fully saturated rings. The summed E-state index contributed by atoms with van der Waals surface area (Å²) in [6.45, 7) is 9.45. The van der Waals surface area contributed by atoms with Crippen LogP contribution in [0.25, 0.3) is 0 Å². The normalized spacial score (nSPS) is 29.1. The molecule has 45 heavy (non-hydrogen) atoms. The molecule has 8 nitrogen and oxygen atoms in total. The van der Waals surface area contributed by atoms with E-state index in [4.69, 9.17) is 14.2 Å². The first-order valence-electron chi connectivity index (χ1n) is 16.5. The fourth-order valence-corrected chi connectivity index (χ4v) is 8.92. The van der Waals surface area contributed by atoms with E-state index >= 15 is 0 Å². The molecule has 0 unspecified atom stereocenters. The number of hydrogen-bond donors (Lipinski definition) is 0. The second-order valence-electron chi connectivity index (χ2n) is 14.0. The van der Waals surface area contributed by atoms with Crippen LogP contribution in [-0.4, -0.2) is 71.1 Å². The van der Waals surface area contributed by atoms with Crippen LogP contribution in [0.2, 0.25) is 0 Å². The summed E-state index contributed by atoms with van der Waals surface area (Å²) in [6, 6.07) is 13.1. The standard InChI is InChI=1S/C37H42N2O6/c1-23(2)21-39(32(42)15-12-26-8-6-5-7-9-26)29-16-17-37(45-25(4)41)31-20-28-13-14-30(43-24(3)40)34-33(28)36(37,35(29)44-34)18-19-38(31)22-27-10-11-27/h5-9,13-14,23,27,29,31,35H,10-11,16-22H2,1-4H3/t29-,31+,35-,36-,37+/m0/s1. The zero-order chi connectivity index (χ0) is 31.5. The molecule has 2 saturated carbocycles. The average molecular weight is 611 g/mol. The molecule has 1 saturated heterocycles. The van der Waals surface area contributed by atoms with Gasteiger partial charge in [-0.25, -0.2) is 0 Å². The number of likely N-dealkylation sites (tertiary alicyclic amines) is 1. The number of rotatable bonds is 7. The summed E-state index contributed by atoms with van der Waals surface area (Å²) < 4.78 is 19.4. The summed E-state index contributed by atoms with van der Waals surface area (Å²) >= 11 is 0. The molecule has 0 radical (unpaired) electrons. The molecule has 0 aromatic heterocycles. The number of piperidine rings is 1. The van der Waals surface area contributed by atoms with Crippen molar-refractivity contribution in [1.29, 1.82) is 0 Å². The van der Waals surface area contributed by atoms with Gasteiger partial charge in [-0.3, -0.25) is 19.3 Å². The first-order chi connectivity index (χ1) is 21.6. The Hall–Kier alpha value is -3.83. The van der Waals surface area contributed by atoms with Crippen molar-refractivity contribution < 1.29 is 28.6 Å². The number of carbonyl (C=O) groups excluding carboxylic acids is 3. The summed E-state index contributed by atoms with van der Waals surface area (Å²) in [5.41, 5.74) is 1.38. The van der Waals surface area contributed by atoms with Crippen molar-refractivity contribution in [2.45, 2.75) is 95.4 Å². The Morgan fingerprint density at radius 1 is 1.04 bits per heavy atom. The maximum atomic E-state index is 14.0. The average Bonchev–Trinajstić information content (AvgIpc) is 3.74. The third-order valence-electron chi connectivity index (χ3n) is 10.6. The van der Waals surface area contributed by atoms with E-state index in [1.165, 1.54) is 26.7 Å². The predicted octanol–water partition coefficient (Wildman–Crippen LogP) is 4.65. The fourth-order valence-electron chi connectivity index (χ4n) is 8.92. The monoisotopic (exact) mass is 610 g/mol. The van der Waals surface area contributed by atoms with E-state index in [0.717, 1.165) is 36.2 Å². The highest BCUT2D eigenvalue weighted by molar-refractivity contribution is 5.94. The van der Waals surface area contributed by atoms with Crippen molar-refractivity contribution in [1.82, 2.24) is 9.80 Å². The maximum absolute atomic E-state index is 14.0. The van der Waals surface area contributed by atoms with E-state index in [1.54, 1.807) is 0 Å². The predicted molar refractivity (Wildman–Crippen MR) is 168 cm³/mol. The molecule has 2 aromatic rings. The SMILES string of the molecule is CC(=O)Oc1ccc2c3c1O[C@H]1[C@@H](N(CC(C)C)C(=O)C#Cc4ccccc4)CC[C@@]4(OC(C)=O)[C@@H](C2)N(CC2CC2)CC[C@]314. The Bertz CT molecular complexity index is 1590. The largest absolute Gasteiger partial charge is 0.483 e. The Morgan fingerprint density at radius 3 is 2.51 bits per heavy atom. The Kier molecular flexibility index (Phi) is 7.43. The van der Waals surface area contributed by atoms with E-state index in [1.807, 2.05) is 41.3 Å². The van der Waals surface area contributed by atoms with Gasteiger partial charge >= 0.3 is 11.9 Å². The van der Waals surface area contributed by atoms with Crippen LogP contribution in [0.4, 0.5) is 0 Å². The Labute approximate surface area is 265 Å². The molecule has 236 valence electrons.